The Morgan fingerprint density at radius 1 is 0.350 bits per heavy atom. The van der Waals surface area contributed by atoms with Crippen molar-refractivity contribution in [2.24, 2.45) is 0 Å². The maximum Gasteiger partial charge on any atom is 0.166 e. The van der Waals surface area contributed by atoms with Crippen LogP contribution in [0.25, 0.3) is 100 Å². The molecule has 0 fully saturated rings. The second-order valence-electron chi connectivity index (χ2n) is 16.5. The van der Waals surface area contributed by atoms with E-state index in [0.29, 0.717) is 17.5 Å². The lowest BCUT2D eigenvalue weighted by Crippen LogP contribution is -2.10. The minimum Gasteiger partial charge on any atom is -0.309 e. The highest BCUT2D eigenvalue weighted by molar-refractivity contribution is 6.11. The summed E-state index contributed by atoms with van der Waals surface area (Å²) in [6.45, 7) is 6.82. The maximum absolute atomic E-state index is 5.30. The van der Waals surface area contributed by atoms with Crippen LogP contribution in [0.4, 0.5) is 0 Å². The second-order valence-corrected chi connectivity index (χ2v) is 16.5. The van der Waals surface area contributed by atoms with Gasteiger partial charge in [0.25, 0.3) is 0 Å². The molecule has 8 aromatic carbocycles. The van der Waals surface area contributed by atoms with Gasteiger partial charge < -0.3 is 9.13 Å². The smallest absolute Gasteiger partial charge is 0.166 e. The fraction of sp³-hybridized carbons (Fsp3) is 0.0727. The second kappa shape index (κ2) is 14.0. The van der Waals surface area contributed by atoms with E-state index in [1.807, 2.05) is 36.4 Å². The number of hydrogen-bond acceptors (Lipinski definition) is 3. The molecule has 0 saturated heterocycles. The van der Waals surface area contributed by atoms with Crippen molar-refractivity contribution in [1.82, 2.24) is 24.1 Å². The number of para-hydroxylation sites is 3. The number of aromatic nitrogens is 5. The summed E-state index contributed by atoms with van der Waals surface area (Å²) in [4.78, 5) is 15.7. The highest BCUT2D eigenvalue weighted by Gasteiger charge is 2.23. The molecule has 60 heavy (non-hydrogen) atoms. The Labute approximate surface area is 348 Å². The average molecular weight is 772 g/mol. The van der Waals surface area contributed by atoms with Crippen LogP contribution in [-0.2, 0) is 5.41 Å². The standard InChI is InChI=1S/C55H41N5/c1-55(2,3)40-29-32-50-45(35-40)43-24-14-16-26-48(43)60(50)51-31-28-39(38-27-30-49-44(33-38)42-23-13-15-25-47(42)59(49)41-21-11-6-12-22-41)34-46(51)54-57-52(36-17-7-4-8-18-36)56-53(58-54)37-19-9-5-10-20-37/h4-35H,1-3H3. The first-order valence-electron chi connectivity index (χ1n) is 20.5. The van der Waals surface area contributed by atoms with Gasteiger partial charge in [-0.2, -0.15) is 0 Å². The number of benzene rings is 8. The van der Waals surface area contributed by atoms with Gasteiger partial charge in [-0.3, -0.25) is 0 Å². The van der Waals surface area contributed by atoms with Crippen molar-refractivity contribution in [3.63, 3.8) is 0 Å². The third kappa shape index (κ3) is 5.97. The molecule has 0 radical (unpaired) electrons. The van der Waals surface area contributed by atoms with Crippen molar-refractivity contribution in [3.8, 4) is 56.7 Å². The lowest BCUT2D eigenvalue weighted by molar-refractivity contribution is 0.591. The molecule has 0 spiro atoms. The van der Waals surface area contributed by atoms with E-state index in [1.165, 1.54) is 38.1 Å². The van der Waals surface area contributed by atoms with E-state index in [9.17, 15) is 0 Å². The number of fused-ring (bicyclic) bond motifs is 6. The Morgan fingerprint density at radius 3 is 1.45 bits per heavy atom. The predicted octanol–water partition coefficient (Wildman–Crippen LogP) is 14.0. The molecule has 0 unspecified atom stereocenters. The largest absolute Gasteiger partial charge is 0.309 e. The molecular formula is C55H41N5. The van der Waals surface area contributed by atoms with Crippen LogP contribution in [-0.4, -0.2) is 24.1 Å². The van der Waals surface area contributed by atoms with Gasteiger partial charge in [0, 0.05) is 43.9 Å². The van der Waals surface area contributed by atoms with Gasteiger partial charge in [-0.15, -0.1) is 0 Å². The van der Waals surface area contributed by atoms with E-state index in [0.717, 1.165) is 50.2 Å². The third-order valence-corrected chi connectivity index (χ3v) is 11.7. The van der Waals surface area contributed by atoms with Crippen molar-refractivity contribution in [1.29, 1.82) is 0 Å². The van der Waals surface area contributed by atoms with Crippen molar-refractivity contribution < 1.29 is 0 Å². The molecule has 0 bridgehead atoms. The predicted molar refractivity (Wildman–Crippen MR) is 249 cm³/mol. The zero-order valence-electron chi connectivity index (χ0n) is 33.7. The highest BCUT2D eigenvalue weighted by atomic mass is 15.1. The zero-order valence-corrected chi connectivity index (χ0v) is 33.7. The van der Waals surface area contributed by atoms with E-state index in [4.69, 9.17) is 15.0 Å². The molecule has 286 valence electrons. The first-order valence-corrected chi connectivity index (χ1v) is 20.5. The molecule has 0 aliphatic rings. The fourth-order valence-corrected chi connectivity index (χ4v) is 8.73. The summed E-state index contributed by atoms with van der Waals surface area (Å²) in [7, 11) is 0. The molecule has 5 heteroatoms. The summed E-state index contributed by atoms with van der Waals surface area (Å²) in [6, 6.07) is 68.9. The quantitative estimate of drug-likeness (QED) is 0.169. The van der Waals surface area contributed by atoms with Gasteiger partial charge in [0.2, 0.25) is 0 Å². The van der Waals surface area contributed by atoms with Crippen LogP contribution in [0.3, 0.4) is 0 Å². The van der Waals surface area contributed by atoms with Crippen LogP contribution in [0.1, 0.15) is 26.3 Å². The van der Waals surface area contributed by atoms with E-state index in [2.05, 4.69) is 188 Å². The molecule has 3 heterocycles. The maximum atomic E-state index is 5.30. The van der Waals surface area contributed by atoms with Crippen molar-refractivity contribution in [2.75, 3.05) is 0 Å². The molecule has 11 rings (SSSR count). The van der Waals surface area contributed by atoms with Gasteiger partial charge in [0.1, 0.15) is 0 Å². The molecule has 0 amide bonds. The van der Waals surface area contributed by atoms with Gasteiger partial charge in [-0.05, 0) is 82.8 Å². The first-order chi connectivity index (χ1) is 29.4. The normalized spacial score (nSPS) is 11.9. The number of hydrogen-bond donors (Lipinski definition) is 0. The highest BCUT2D eigenvalue weighted by Crippen LogP contribution is 2.41. The molecule has 5 nitrogen and oxygen atoms in total. The number of nitrogens with zero attached hydrogens (tertiary/aromatic N) is 5. The summed E-state index contributed by atoms with van der Waals surface area (Å²) >= 11 is 0. The van der Waals surface area contributed by atoms with Crippen LogP contribution in [0.5, 0.6) is 0 Å². The van der Waals surface area contributed by atoms with E-state index >= 15 is 0 Å². The molecule has 0 aliphatic heterocycles. The molecule has 11 aromatic rings. The van der Waals surface area contributed by atoms with Crippen LogP contribution >= 0.6 is 0 Å². The third-order valence-electron chi connectivity index (χ3n) is 11.7. The van der Waals surface area contributed by atoms with Gasteiger partial charge in [-0.1, -0.05) is 154 Å². The Hall–Kier alpha value is -7.63. The summed E-state index contributed by atoms with van der Waals surface area (Å²) in [5.74, 6) is 1.87. The van der Waals surface area contributed by atoms with E-state index in [-0.39, 0.29) is 5.41 Å². The minimum absolute atomic E-state index is 0.00522. The van der Waals surface area contributed by atoms with E-state index in [1.54, 1.807) is 0 Å². The Balaban J connectivity index is 1.19. The Morgan fingerprint density at radius 2 is 0.817 bits per heavy atom. The van der Waals surface area contributed by atoms with Crippen LogP contribution in [0.2, 0.25) is 0 Å². The van der Waals surface area contributed by atoms with Gasteiger partial charge in [-0.25, -0.2) is 15.0 Å². The minimum atomic E-state index is 0.00522. The lowest BCUT2D eigenvalue weighted by atomic mass is 9.86. The average Bonchev–Trinajstić information content (AvgIpc) is 3.81. The molecule has 0 N–H and O–H groups in total. The number of rotatable bonds is 6. The Bertz CT molecular complexity index is 3330. The van der Waals surface area contributed by atoms with Gasteiger partial charge >= 0.3 is 0 Å². The van der Waals surface area contributed by atoms with Crippen LogP contribution < -0.4 is 0 Å². The van der Waals surface area contributed by atoms with Crippen molar-refractivity contribution in [3.05, 3.63) is 200 Å². The molecule has 0 atom stereocenters. The molecule has 3 aromatic heterocycles. The molecule has 0 saturated carbocycles. The van der Waals surface area contributed by atoms with Crippen molar-refractivity contribution in [2.45, 2.75) is 26.2 Å². The Kier molecular flexibility index (Phi) is 8.31. The summed E-state index contributed by atoms with van der Waals surface area (Å²) in [6.07, 6.45) is 0. The summed E-state index contributed by atoms with van der Waals surface area (Å²) < 4.78 is 4.75. The fourth-order valence-electron chi connectivity index (χ4n) is 8.73. The monoisotopic (exact) mass is 771 g/mol. The SMILES string of the molecule is CC(C)(C)c1ccc2c(c1)c1ccccc1n2-c1ccc(-c2ccc3c(c2)c2ccccc2n3-c2ccccc2)cc1-c1nc(-c2ccccc2)nc(-c2ccccc2)n1. The first kappa shape index (κ1) is 35.5. The van der Waals surface area contributed by atoms with E-state index < -0.39 is 0 Å². The van der Waals surface area contributed by atoms with Gasteiger partial charge in [0.15, 0.2) is 17.5 Å². The molecule has 0 aliphatic carbocycles. The summed E-state index contributed by atoms with van der Waals surface area (Å²) in [5.41, 5.74) is 13.0. The zero-order chi connectivity index (χ0) is 40.4. The molecular weight excluding hydrogens is 731 g/mol. The topological polar surface area (TPSA) is 48.5 Å². The van der Waals surface area contributed by atoms with Crippen molar-refractivity contribution >= 4 is 43.6 Å². The summed E-state index contributed by atoms with van der Waals surface area (Å²) in [5, 5.41) is 4.85. The van der Waals surface area contributed by atoms with Crippen LogP contribution in [0.15, 0.2) is 194 Å². The van der Waals surface area contributed by atoms with Gasteiger partial charge in [0.05, 0.1) is 27.8 Å². The van der Waals surface area contributed by atoms with Crippen LogP contribution in [0, 0.1) is 0 Å². The lowest BCUT2D eigenvalue weighted by Gasteiger charge is -2.19.